The second-order valence-corrected chi connectivity index (χ2v) is 11.5. The van der Waals surface area contributed by atoms with Crippen LogP contribution in [0.1, 0.15) is 68.7 Å². The third kappa shape index (κ3) is 8.51. The topological polar surface area (TPSA) is 68.3 Å². The van der Waals surface area contributed by atoms with E-state index in [1.165, 1.54) is 37.1 Å². The number of alkyl halides is 6. The van der Waals surface area contributed by atoms with E-state index in [1.54, 1.807) is 0 Å². The van der Waals surface area contributed by atoms with Crippen LogP contribution in [0, 0.1) is 17.7 Å². The number of halogens is 7. The normalized spacial score (nSPS) is 22.3. The summed E-state index contributed by atoms with van der Waals surface area (Å²) >= 11 is 0. The van der Waals surface area contributed by atoms with Crippen molar-refractivity contribution in [2.45, 2.75) is 77.2 Å². The molecular formula is C31H35F7N2O5. The number of carbonyl (C=O) groups excluding carboxylic acids is 2. The van der Waals surface area contributed by atoms with Gasteiger partial charge in [0.2, 0.25) is 0 Å². The fourth-order valence-corrected chi connectivity index (χ4v) is 6.12. The van der Waals surface area contributed by atoms with Gasteiger partial charge in [-0.05, 0) is 92.5 Å². The summed E-state index contributed by atoms with van der Waals surface area (Å²) in [6.45, 7) is 4.28. The summed E-state index contributed by atoms with van der Waals surface area (Å²) in [5, 5.41) is 0. The van der Waals surface area contributed by atoms with E-state index in [0.29, 0.717) is 55.7 Å². The summed E-state index contributed by atoms with van der Waals surface area (Å²) < 4.78 is 108. The van der Waals surface area contributed by atoms with Crippen molar-refractivity contribution in [3.63, 3.8) is 0 Å². The predicted octanol–water partition coefficient (Wildman–Crippen LogP) is 8.02. The van der Waals surface area contributed by atoms with Crippen LogP contribution >= 0.6 is 0 Å². The molecule has 2 aromatic carbocycles. The van der Waals surface area contributed by atoms with Crippen LogP contribution in [0.4, 0.5) is 41.2 Å². The van der Waals surface area contributed by atoms with Crippen LogP contribution in [0.25, 0.3) is 0 Å². The largest absolute Gasteiger partial charge is 0.573 e. The number of nitrogens with zero attached hydrogens (tertiary/aromatic N) is 2. The molecule has 1 saturated heterocycles. The van der Waals surface area contributed by atoms with E-state index >= 15 is 0 Å². The lowest BCUT2D eigenvalue weighted by Crippen LogP contribution is -2.36. The molecule has 2 aliphatic rings. The first-order valence-corrected chi connectivity index (χ1v) is 14.7. The first-order chi connectivity index (χ1) is 21.1. The van der Waals surface area contributed by atoms with Gasteiger partial charge < -0.3 is 19.1 Å². The smallest absolute Gasteiger partial charge is 0.469 e. The minimum atomic E-state index is -4.97. The van der Waals surface area contributed by atoms with E-state index in [4.69, 9.17) is 9.47 Å². The van der Waals surface area contributed by atoms with Crippen LogP contribution in [0.3, 0.4) is 0 Å². The molecule has 0 spiro atoms. The van der Waals surface area contributed by atoms with E-state index in [1.807, 2.05) is 11.8 Å². The van der Waals surface area contributed by atoms with E-state index < -0.39 is 47.9 Å². The zero-order valence-corrected chi connectivity index (χ0v) is 25.0. The number of benzene rings is 2. The van der Waals surface area contributed by atoms with Gasteiger partial charge in [0.05, 0.1) is 31.2 Å². The fraction of sp³-hybridized carbons (Fsp3) is 0.548. The Morgan fingerprint density at radius 1 is 1.04 bits per heavy atom. The molecule has 1 aliphatic heterocycles. The Kier molecular flexibility index (Phi) is 10.4. The Morgan fingerprint density at radius 2 is 1.73 bits per heavy atom. The molecule has 0 radical (unpaired) electrons. The highest BCUT2D eigenvalue weighted by Crippen LogP contribution is 2.40. The molecule has 0 N–H and O–H groups in total. The van der Waals surface area contributed by atoms with Crippen molar-refractivity contribution in [3.8, 4) is 5.75 Å². The summed E-state index contributed by atoms with van der Waals surface area (Å²) in [7, 11) is 1.35. The molecule has 2 atom stereocenters. The van der Waals surface area contributed by atoms with Crippen LogP contribution < -0.4 is 9.64 Å². The molecule has 1 heterocycles. The number of anilines is 1. The third-order valence-electron chi connectivity index (χ3n) is 8.29. The Labute approximate surface area is 256 Å². The van der Waals surface area contributed by atoms with Crippen LogP contribution in [-0.2, 0) is 27.0 Å². The molecule has 0 aromatic heterocycles. The Morgan fingerprint density at radius 3 is 2.33 bits per heavy atom. The fourth-order valence-electron chi connectivity index (χ4n) is 6.12. The third-order valence-corrected chi connectivity index (χ3v) is 8.29. The number of cyclic esters (lactones) is 1. The molecule has 45 heavy (non-hydrogen) atoms. The van der Waals surface area contributed by atoms with Gasteiger partial charge in [-0.15, -0.1) is 13.2 Å². The van der Waals surface area contributed by atoms with Gasteiger partial charge in [-0.3, -0.25) is 9.69 Å². The van der Waals surface area contributed by atoms with Gasteiger partial charge in [0.25, 0.3) is 0 Å². The first kappa shape index (κ1) is 34.2. The summed E-state index contributed by atoms with van der Waals surface area (Å²) in [4.78, 5) is 28.2. The average Bonchev–Trinajstić information content (AvgIpc) is 3.24. The maximum Gasteiger partial charge on any atom is 0.573 e. The highest BCUT2D eigenvalue weighted by atomic mass is 19.4. The summed E-state index contributed by atoms with van der Waals surface area (Å²) in [6, 6.07) is 4.85. The van der Waals surface area contributed by atoms with Gasteiger partial charge in [-0.1, -0.05) is 6.92 Å². The number of hydrogen-bond donors (Lipinski definition) is 0. The monoisotopic (exact) mass is 648 g/mol. The lowest BCUT2D eigenvalue weighted by molar-refractivity contribution is -0.274. The maximum atomic E-state index is 14.2. The van der Waals surface area contributed by atoms with E-state index in [9.17, 15) is 40.3 Å². The second kappa shape index (κ2) is 13.7. The minimum Gasteiger partial charge on any atom is -0.469 e. The van der Waals surface area contributed by atoms with Crippen molar-refractivity contribution < 1.29 is 54.5 Å². The van der Waals surface area contributed by atoms with Crippen molar-refractivity contribution >= 4 is 17.7 Å². The molecule has 7 nitrogen and oxygen atoms in total. The number of ether oxygens (including phenoxy) is 3. The van der Waals surface area contributed by atoms with E-state index in [2.05, 4.69) is 4.74 Å². The number of esters is 1. The standard InChI is InChI=1S/C31H35F7N2O5/c1-4-11-39(16-19-5-7-20(8-6-19)28(41)43-3)26-10-9-25(45-31(36,37)38)14-22(26)17-40-18(2)27(44-29(40)42)21-12-23(30(33,34)35)15-24(32)13-21/h9-10,12-15,18-20,27H,4-8,11,16-17H2,1-3H3/t18-,19?,20?,27-/m0/s1. The van der Waals surface area contributed by atoms with Gasteiger partial charge >= 0.3 is 24.6 Å². The molecule has 2 fully saturated rings. The molecule has 0 bridgehead atoms. The van der Waals surface area contributed by atoms with Crippen molar-refractivity contribution in [1.29, 1.82) is 0 Å². The van der Waals surface area contributed by atoms with Crippen molar-refractivity contribution in [1.82, 2.24) is 4.90 Å². The molecule has 4 rings (SSSR count). The Hall–Kier alpha value is -3.71. The second-order valence-electron chi connectivity index (χ2n) is 11.5. The van der Waals surface area contributed by atoms with Crippen LogP contribution in [0.2, 0.25) is 0 Å². The zero-order valence-electron chi connectivity index (χ0n) is 25.0. The number of amides is 1. The molecule has 1 saturated carbocycles. The van der Waals surface area contributed by atoms with Crippen molar-refractivity contribution in [3.05, 3.63) is 58.9 Å². The van der Waals surface area contributed by atoms with Gasteiger partial charge in [-0.2, -0.15) is 13.2 Å². The Balaban J connectivity index is 1.62. The SMILES string of the molecule is CCCN(CC1CCC(C(=O)OC)CC1)c1ccc(OC(F)(F)F)cc1CN1C(=O)O[C@H](c2cc(F)cc(C(F)(F)F)c2)[C@@H]1C. The van der Waals surface area contributed by atoms with Crippen molar-refractivity contribution in [2.75, 3.05) is 25.1 Å². The van der Waals surface area contributed by atoms with Crippen LogP contribution in [0.5, 0.6) is 5.75 Å². The molecule has 1 amide bonds. The summed E-state index contributed by atoms with van der Waals surface area (Å²) in [5.74, 6) is -1.91. The number of methoxy groups -OCH3 is 1. The maximum absolute atomic E-state index is 14.2. The van der Waals surface area contributed by atoms with E-state index in [0.717, 1.165) is 18.9 Å². The zero-order chi connectivity index (χ0) is 33.1. The van der Waals surface area contributed by atoms with E-state index in [-0.39, 0.29) is 29.9 Å². The van der Waals surface area contributed by atoms with Crippen LogP contribution in [-0.4, -0.2) is 49.6 Å². The number of hydrogen-bond acceptors (Lipinski definition) is 6. The van der Waals surface area contributed by atoms with Crippen molar-refractivity contribution in [2.24, 2.45) is 11.8 Å². The lowest BCUT2D eigenvalue weighted by Gasteiger charge is -2.35. The minimum absolute atomic E-state index is 0.179. The molecule has 0 unspecified atom stereocenters. The number of carbonyl (C=O) groups is 2. The lowest BCUT2D eigenvalue weighted by atomic mass is 9.81. The molecule has 248 valence electrons. The summed E-state index contributed by atoms with van der Waals surface area (Å²) in [6.07, 6.45) is -8.50. The Bertz CT molecular complexity index is 1360. The number of rotatable bonds is 10. The highest BCUT2D eigenvalue weighted by Gasteiger charge is 2.42. The molecule has 2 aromatic rings. The first-order valence-electron chi connectivity index (χ1n) is 14.7. The van der Waals surface area contributed by atoms with Gasteiger partial charge in [0.1, 0.15) is 17.7 Å². The van der Waals surface area contributed by atoms with Gasteiger partial charge in [0.15, 0.2) is 0 Å². The molecule has 1 aliphatic carbocycles. The average molecular weight is 649 g/mol. The quantitative estimate of drug-likeness (QED) is 0.192. The summed E-state index contributed by atoms with van der Waals surface area (Å²) in [5.41, 5.74) is -0.590. The highest BCUT2D eigenvalue weighted by molar-refractivity contribution is 5.72. The molecule has 14 heteroatoms. The van der Waals surface area contributed by atoms with Gasteiger partial charge in [-0.25, -0.2) is 9.18 Å². The predicted molar refractivity (Wildman–Crippen MR) is 149 cm³/mol. The van der Waals surface area contributed by atoms with Gasteiger partial charge in [0, 0.05) is 18.8 Å². The molecular weight excluding hydrogens is 613 g/mol. The van der Waals surface area contributed by atoms with Crippen LogP contribution in [0.15, 0.2) is 36.4 Å².